The van der Waals surface area contributed by atoms with Crippen molar-refractivity contribution in [3.05, 3.63) is 50.6 Å². The van der Waals surface area contributed by atoms with Gasteiger partial charge in [-0.25, -0.2) is 4.98 Å². The molecule has 0 saturated heterocycles. The minimum atomic E-state index is -1.18. The van der Waals surface area contributed by atoms with Gasteiger partial charge in [-0.1, -0.05) is 24.4 Å². The van der Waals surface area contributed by atoms with Gasteiger partial charge < -0.3 is 21.8 Å². The quantitative estimate of drug-likeness (QED) is 0.385. The molecular formula is C24H29ClN6O2S. The fraction of sp³-hybridized carbons (Fsp3) is 0.458. The highest BCUT2D eigenvalue weighted by molar-refractivity contribution is 7.13. The molecule has 34 heavy (non-hydrogen) atoms. The van der Waals surface area contributed by atoms with Crippen molar-refractivity contribution in [2.45, 2.75) is 50.2 Å². The van der Waals surface area contributed by atoms with Gasteiger partial charge in [-0.2, -0.15) is 0 Å². The second kappa shape index (κ2) is 9.39. The first-order chi connectivity index (χ1) is 16.4. The van der Waals surface area contributed by atoms with Crippen LogP contribution in [0.1, 0.15) is 56.5 Å². The summed E-state index contributed by atoms with van der Waals surface area (Å²) in [6.45, 7) is 3.09. The summed E-state index contributed by atoms with van der Waals surface area (Å²) in [7, 11) is 0. The van der Waals surface area contributed by atoms with Crippen molar-refractivity contribution in [3.63, 3.8) is 0 Å². The molecule has 2 atom stereocenters. The third kappa shape index (κ3) is 4.38. The Hall–Kier alpha value is -2.30. The third-order valence-electron chi connectivity index (χ3n) is 6.96. The monoisotopic (exact) mass is 500 g/mol. The van der Waals surface area contributed by atoms with E-state index in [-0.39, 0.29) is 11.7 Å². The molecule has 0 radical (unpaired) electrons. The van der Waals surface area contributed by atoms with E-state index in [1.807, 2.05) is 6.07 Å². The first kappa shape index (κ1) is 23.4. The summed E-state index contributed by atoms with van der Waals surface area (Å²) in [6, 6.07) is 6.72. The number of H-pyrrole nitrogens is 1. The molecule has 2 aliphatic rings. The van der Waals surface area contributed by atoms with Gasteiger partial charge >= 0.3 is 0 Å². The summed E-state index contributed by atoms with van der Waals surface area (Å²) in [6.07, 6.45) is 3.72. The molecule has 180 valence electrons. The molecule has 2 unspecified atom stereocenters. The van der Waals surface area contributed by atoms with Gasteiger partial charge in [0.25, 0.3) is 5.91 Å². The zero-order valence-corrected chi connectivity index (χ0v) is 20.5. The summed E-state index contributed by atoms with van der Waals surface area (Å²) >= 11 is 7.51. The van der Waals surface area contributed by atoms with E-state index in [4.69, 9.17) is 23.1 Å². The zero-order chi connectivity index (χ0) is 23.9. The van der Waals surface area contributed by atoms with E-state index in [1.165, 1.54) is 11.3 Å². The highest BCUT2D eigenvalue weighted by Gasteiger charge is 2.46. The largest absolute Gasteiger partial charge is 0.351 e. The molecule has 1 aliphatic heterocycles. The molecule has 3 aromatic rings. The molecular weight excluding hydrogens is 472 g/mol. The summed E-state index contributed by atoms with van der Waals surface area (Å²) in [5.74, 6) is -0.455. The smallest absolute Gasteiger partial charge is 0.268 e. The van der Waals surface area contributed by atoms with Crippen LogP contribution in [0.25, 0.3) is 10.9 Å². The normalized spacial score (nSPS) is 23.1. The third-order valence-corrected chi connectivity index (χ3v) is 8.28. The Morgan fingerprint density at radius 2 is 2.18 bits per heavy atom. The number of nitrogens with two attached hydrogens (primary N) is 2. The number of thiazole rings is 1. The number of Topliss-reactive ketones (excluding diaryl/α,β-unsaturated/α-hetero) is 1. The maximum atomic E-state index is 13.7. The zero-order valence-electron chi connectivity index (χ0n) is 18.9. The molecule has 1 aliphatic carbocycles. The first-order valence-electron chi connectivity index (χ1n) is 11.7. The van der Waals surface area contributed by atoms with E-state index < -0.39 is 11.6 Å². The molecule has 5 rings (SSSR count). The van der Waals surface area contributed by atoms with Gasteiger partial charge in [-0.15, -0.1) is 11.3 Å². The van der Waals surface area contributed by atoms with Crippen LogP contribution in [0.4, 0.5) is 0 Å². The SMILES string of the molecule is NCCN1CCc2nc(C(=O)C3(N)CCCCC3NC(=O)c3cc4cc(Cl)ccc4[nH]3)sc2C1. The summed E-state index contributed by atoms with van der Waals surface area (Å²) < 4.78 is 0. The Balaban J connectivity index is 1.36. The number of benzene rings is 1. The van der Waals surface area contributed by atoms with Crippen molar-refractivity contribution in [2.24, 2.45) is 11.5 Å². The van der Waals surface area contributed by atoms with Crippen LogP contribution in [-0.2, 0) is 13.0 Å². The number of nitrogens with zero attached hydrogens (tertiary/aromatic N) is 2. The molecule has 0 bridgehead atoms. The number of hydrogen-bond donors (Lipinski definition) is 4. The minimum absolute atomic E-state index is 0.175. The highest BCUT2D eigenvalue weighted by atomic mass is 35.5. The number of aromatic nitrogens is 2. The van der Waals surface area contributed by atoms with Crippen LogP contribution >= 0.6 is 22.9 Å². The minimum Gasteiger partial charge on any atom is -0.351 e. The van der Waals surface area contributed by atoms with Crippen molar-refractivity contribution in [1.82, 2.24) is 20.2 Å². The van der Waals surface area contributed by atoms with Crippen LogP contribution in [-0.4, -0.2) is 57.8 Å². The van der Waals surface area contributed by atoms with Gasteiger partial charge in [-0.05, 0) is 37.1 Å². The van der Waals surface area contributed by atoms with E-state index in [0.29, 0.717) is 35.1 Å². The molecule has 0 spiro atoms. The second-order valence-electron chi connectivity index (χ2n) is 9.26. The second-order valence-corrected chi connectivity index (χ2v) is 10.8. The number of ketones is 1. The van der Waals surface area contributed by atoms with Crippen molar-refractivity contribution in [2.75, 3.05) is 19.6 Å². The van der Waals surface area contributed by atoms with Crippen molar-refractivity contribution in [3.8, 4) is 0 Å². The average Bonchev–Trinajstić information content (AvgIpc) is 3.44. The standard InChI is InChI=1S/C24H29ClN6O2S/c25-15-4-5-16-14(11-15)12-18(28-16)22(33)30-20-3-1-2-7-24(20,27)21(32)23-29-17-6-9-31(10-8-26)13-19(17)34-23/h4-5,11-12,20,28H,1-3,6-10,13,26-27H2,(H,30,33). The number of rotatable bonds is 6. The number of fused-ring (bicyclic) bond motifs is 2. The predicted octanol–water partition coefficient (Wildman–Crippen LogP) is 2.85. The molecule has 6 N–H and O–H groups in total. The van der Waals surface area contributed by atoms with Crippen LogP contribution < -0.4 is 16.8 Å². The van der Waals surface area contributed by atoms with Crippen LogP contribution in [0.5, 0.6) is 0 Å². The van der Waals surface area contributed by atoms with Crippen LogP contribution in [0.15, 0.2) is 24.3 Å². The topological polar surface area (TPSA) is 130 Å². The summed E-state index contributed by atoms with van der Waals surface area (Å²) in [4.78, 5) is 38.0. The Morgan fingerprint density at radius 3 is 3.00 bits per heavy atom. The van der Waals surface area contributed by atoms with E-state index in [1.54, 1.807) is 18.2 Å². The van der Waals surface area contributed by atoms with Gasteiger partial charge in [0.15, 0.2) is 5.01 Å². The van der Waals surface area contributed by atoms with E-state index in [9.17, 15) is 9.59 Å². The van der Waals surface area contributed by atoms with Gasteiger partial charge in [0.2, 0.25) is 5.78 Å². The molecule has 1 saturated carbocycles. The van der Waals surface area contributed by atoms with E-state index >= 15 is 0 Å². The van der Waals surface area contributed by atoms with E-state index in [2.05, 4.69) is 20.2 Å². The first-order valence-corrected chi connectivity index (χ1v) is 12.9. The van der Waals surface area contributed by atoms with Gasteiger partial charge in [0.05, 0.1) is 11.7 Å². The van der Waals surface area contributed by atoms with Crippen LogP contribution in [0, 0.1) is 0 Å². The van der Waals surface area contributed by atoms with Crippen molar-refractivity contribution < 1.29 is 9.59 Å². The summed E-state index contributed by atoms with van der Waals surface area (Å²) in [5, 5.41) is 4.95. The van der Waals surface area contributed by atoms with Crippen molar-refractivity contribution in [1.29, 1.82) is 0 Å². The molecule has 2 aromatic heterocycles. The number of carbonyl (C=O) groups is 2. The average molecular weight is 501 g/mol. The molecule has 1 aromatic carbocycles. The Labute approximate surface area is 207 Å². The molecule has 1 fully saturated rings. The molecule has 1 amide bonds. The van der Waals surface area contributed by atoms with Gasteiger partial charge in [0, 0.05) is 53.4 Å². The maximum absolute atomic E-state index is 13.7. The fourth-order valence-electron chi connectivity index (χ4n) is 5.05. The lowest BCUT2D eigenvalue weighted by Crippen LogP contribution is -2.64. The number of halogens is 1. The fourth-order valence-corrected chi connectivity index (χ4v) is 6.42. The Morgan fingerprint density at radius 1 is 1.32 bits per heavy atom. The van der Waals surface area contributed by atoms with E-state index in [0.717, 1.165) is 60.4 Å². The molecule has 8 nitrogen and oxygen atoms in total. The Kier molecular flexibility index (Phi) is 6.47. The predicted molar refractivity (Wildman–Crippen MR) is 134 cm³/mol. The van der Waals surface area contributed by atoms with Gasteiger partial charge in [0.1, 0.15) is 11.2 Å². The molecule has 3 heterocycles. The number of hydrogen-bond acceptors (Lipinski definition) is 7. The number of nitrogens with one attached hydrogen (secondary N) is 2. The lowest BCUT2D eigenvalue weighted by molar-refractivity contribution is 0.0757. The highest BCUT2D eigenvalue weighted by Crippen LogP contribution is 2.33. The lowest BCUT2D eigenvalue weighted by Gasteiger charge is -2.39. The lowest BCUT2D eigenvalue weighted by atomic mass is 9.75. The number of carbonyl (C=O) groups excluding carboxylic acids is 2. The maximum Gasteiger partial charge on any atom is 0.268 e. The van der Waals surface area contributed by atoms with Crippen molar-refractivity contribution >= 4 is 45.5 Å². The van der Waals surface area contributed by atoms with Crippen LogP contribution in [0.2, 0.25) is 5.02 Å². The van der Waals surface area contributed by atoms with Gasteiger partial charge in [-0.3, -0.25) is 14.5 Å². The number of amides is 1. The Bertz CT molecular complexity index is 1240. The van der Waals surface area contributed by atoms with Crippen LogP contribution in [0.3, 0.4) is 0 Å². The summed E-state index contributed by atoms with van der Waals surface area (Å²) in [5.41, 5.74) is 13.5. The number of aromatic amines is 1. The molecule has 10 heteroatoms.